The third-order valence-corrected chi connectivity index (χ3v) is 6.52. The van der Waals surface area contributed by atoms with Crippen LogP contribution in [0.2, 0.25) is 0 Å². The Hall–Kier alpha value is -3.72. The van der Waals surface area contributed by atoms with Crippen LogP contribution in [-0.2, 0) is 14.3 Å². The van der Waals surface area contributed by atoms with Gasteiger partial charge in [0.05, 0.1) is 31.9 Å². The van der Waals surface area contributed by atoms with Crippen molar-refractivity contribution in [2.24, 2.45) is 0 Å². The number of likely N-dealkylation sites (tertiary alicyclic amines) is 1. The summed E-state index contributed by atoms with van der Waals surface area (Å²) in [5.74, 6) is 0.265. The van der Waals surface area contributed by atoms with Crippen LogP contribution in [0.3, 0.4) is 0 Å². The van der Waals surface area contributed by atoms with Gasteiger partial charge in [0.2, 0.25) is 0 Å². The van der Waals surface area contributed by atoms with Crippen LogP contribution < -0.4 is 18.9 Å². The van der Waals surface area contributed by atoms with E-state index in [0.717, 1.165) is 12.8 Å². The van der Waals surface area contributed by atoms with Gasteiger partial charge in [-0.15, -0.1) is 0 Å². The van der Waals surface area contributed by atoms with Crippen molar-refractivity contribution in [3.8, 4) is 23.0 Å². The van der Waals surface area contributed by atoms with Gasteiger partial charge in [0, 0.05) is 30.3 Å². The number of fused-ring (bicyclic) bond motifs is 1. The molecule has 2 unspecified atom stereocenters. The summed E-state index contributed by atoms with van der Waals surface area (Å²) in [4.78, 5) is 28.0. The number of hydrogen-bond donors (Lipinski definition) is 1. The quantitative estimate of drug-likeness (QED) is 0.382. The Balaban J connectivity index is 1.64. The van der Waals surface area contributed by atoms with E-state index in [-0.39, 0.29) is 24.0 Å². The number of benzene rings is 2. The van der Waals surface area contributed by atoms with Crippen LogP contribution in [0.5, 0.6) is 23.0 Å². The molecule has 2 fully saturated rings. The fourth-order valence-electron chi connectivity index (χ4n) is 4.79. The predicted molar refractivity (Wildman–Crippen MR) is 125 cm³/mol. The molecule has 2 aromatic carbocycles. The van der Waals surface area contributed by atoms with Crippen molar-refractivity contribution >= 4 is 17.4 Å². The molecule has 3 aliphatic heterocycles. The zero-order valence-corrected chi connectivity index (χ0v) is 19.6. The molecule has 0 aromatic heterocycles. The SMILES string of the molecule is COc1ccc(C2/C(=C(/O)c3ccc4c(c3)OCCO4)C(=O)C(=O)N2CC2CCCO2)c(OC)c1. The Labute approximate surface area is 202 Å². The van der Waals surface area contributed by atoms with Crippen molar-refractivity contribution in [1.29, 1.82) is 0 Å². The molecule has 1 amide bonds. The number of Topliss-reactive ketones (excluding diaryl/α,β-unsaturated/α-hetero) is 1. The number of aliphatic hydroxyl groups excluding tert-OH is 1. The first-order valence-corrected chi connectivity index (χ1v) is 11.5. The fourth-order valence-corrected chi connectivity index (χ4v) is 4.79. The number of nitrogens with zero attached hydrogens (tertiary/aromatic N) is 1. The Morgan fingerprint density at radius 2 is 1.83 bits per heavy atom. The second kappa shape index (κ2) is 9.50. The van der Waals surface area contributed by atoms with Gasteiger partial charge >= 0.3 is 0 Å². The van der Waals surface area contributed by atoms with Crippen LogP contribution >= 0.6 is 0 Å². The van der Waals surface area contributed by atoms with Gasteiger partial charge in [0.15, 0.2) is 11.5 Å². The lowest BCUT2D eigenvalue weighted by Gasteiger charge is -2.28. The summed E-state index contributed by atoms with van der Waals surface area (Å²) in [5.41, 5.74) is 0.888. The number of aliphatic hydroxyl groups is 1. The molecule has 3 heterocycles. The van der Waals surface area contributed by atoms with Crippen LogP contribution in [0.25, 0.3) is 5.76 Å². The standard InChI is InChI=1S/C26H27NO8/c1-31-16-6-7-18(20(13-16)32-2)23-22(25(29)26(30)27(23)14-17-4-3-9-33-17)24(28)15-5-8-19-21(12-15)35-11-10-34-19/h5-8,12-13,17,23,28H,3-4,9-11,14H2,1-2H3/b24-22-. The summed E-state index contributed by atoms with van der Waals surface area (Å²) < 4.78 is 27.9. The summed E-state index contributed by atoms with van der Waals surface area (Å²) in [6.07, 6.45) is 1.49. The summed E-state index contributed by atoms with van der Waals surface area (Å²) in [7, 11) is 3.05. The van der Waals surface area contributed by atoms with Crippen molar-refractivity contribution in [3.63, 3.8) is 0 Å². The van der Waals surface area contributed by atoms with E-state index in [1.807, 2.05) is 0 Å². The maximum absolute atomic E-state index is 13.3. The van der Waals surface area contributed by atoms with Gasteiger partial charge in [-0.05, 0) is 43.2 Å². The predicted octanol–water partition coefficient (Wildman–Crippen LogP) is 3.08. The van der Waals surface area contributed by atoms with Crippen molar-refractivity contribution in [2.45, 2.75) is 25.0 Å². The first-order valence-electron chi connectivity index (χ1n) is 11.5. The van der Waals surface area contributed by atoms with Crippen LogP contribution in [0, 0.1) is 0 Å². The Morgan fingerprint density at radius 3 is 2.54 bits per heavy atom. The number of carbonyl (C=O) groups is 2. The molecule has 0 radical (unpaired) electrons. The molecule has 2 saturated heterocycles. The molecule has 0 bridgehead atoms. The molecular formula is C26H27NO8. The summed E-state index contributed by atoms with van der Waals surface area (Å²) in [6.45, 7) is 1.65. The molecule has 5 rings (SSSR count). The molecule has 0 aliphatic carbocycles. The van der Waals surface area contributed by atoms with Crippen molar-refractivity contribution < 1.29 is 38.4 Å². The van der Waals surface area contributed by atoms with E-state index in [9.17, 15) is 14.7 Å². The molecule has 2 aromatic rings. The highest BCUT2D eigenvalue weighted by Crippen LogP contribution is 2.45. The van der Waals surface area contributed by atoms with Crippen LogP contribution in [0.1, 0.15) is 30.0 Å². The average molecular weight is 482 g/mol. The maximum Gasteiger partial charge on any atom is 0.295 e. The lowest BCUT2D eigenvalue weighted by Crippen LogP contribution is -2.36. The van der Waals surface area contributed by atoms with Crippen molar-refractivity contribution in [1.82, 2.24) is 4.90 Å². The third kappa shape index (κ3) is 4.16. The van der Waals surface area contributed by atoms with Gasteiger partial charge in [-0.2, -0.15) is 0 Å². The normalized spacial score (nSPS) is 23.0. The number of amides is 1. The number of hydrogen-bond acceptors (Lipinski definition) is 8. The van der Waals surface area contributed by atoms with Crippen molar-refractivity contribution in [2.75, 3.05) is 40.6 Å². The van der Waals surface area contributed by atoms with Crippen molar-refractivity contribution in [3.05, 3.63) is 53.1 Å². The van der Waals surface area contributed by atoms with E-state index in [1.54, 1.807) is 43.5 Å². The molecule has 0 spiro atoms. The number of ketones is 1. The lowest BCUT2D eigenvalue weighted by molar-refractivity contribution is -0.140. The Bertz CT molecular complexity index is 1180. The minimum absolute atomic E-state index is 0.0202. The van der Waals surface area contributed by atoms with Gasteiger partial charge in [0.1, 0.15) is 30.5 Å². The highest BCUT2D eigenvalue weighted by Gasteiger charge is 2.48. The minimum Gasteiger partial charge on any atom is -0.507 e. The largest absolute Gasteiger partial charge is 0.507 e. The van der Waals surface area contributed by atoms with Crippen LogP contribution in [-0.4, -0.2) is 68.4 Å². The smallest absolute Gasteiger partial charge is 0.295 e. The van der Waals surface area contributed by atoms with Gasteiger partial charge < -0.3 is 33.7 Å². The van der Waals surface area contributed by atoms with Gasteiger partial charge in [-0.1, -0.05) is 0 Å². The third-order valence-electron chi connectivity index (χ3n) is 6.52. The summed E-state index contributed by atoms with van der Waals surface area (Å²) in [5, 5.41) is 11.4. The summed E-state index contributed by atoms with van der Waals surface area (Å²) in [6, 6.07) is 9.22. The molecule has 1 N–H and O–H groups in total. The van der Waals surface area contributed by atoms with E-state index in [2.05, 4.69) is 0 Å². The first-order chi connectivity index (χ1) is 17.0. The maximum atomic E-state index is 13.3. The summed E-state index contributed by atoms with van der Waals surface area (Å²) >= 11 is 0. The van der Waals surface area contributed by atoms with E-state index >= 15 is 0 Å². The highest BCUT2D eigenvalue weighted by molar-refractivity contribution is 6.46. The number of methoxy groups -OCH3 is 2. The molecule has 3 aliphatic rings. The molecule has 9 heteroatoms. The van der Waals surface area contributed by atoms with Gasteiger partial charge in [-0.3, -0.25) is 9.59 Å². The van der Waals surface area contributed by atoms with E-state index in [0.29, 0.717) is 53.9 Å². The molecule has 184 valence electrons. The van der Waals surface area contributed by atoms with Crippen LogP contribution in [0.15, 0.2) is 42.0 Å². The van der Waals surface area contributed by atoms with E-state index in [1.165, 1.54) is 12.0 Å². The zero-order valence-electron chi connectivity index (χ0n) is 19.6. The van der Waals surface area contributed by atoms with Gasteiger partial charge in [0.25, 0.3) is 11.7 Å². The lowest BCUT2D eigenvalue weighted by atomic mass is 9.94. The first kappa shape index (κ1) is 23.0. The molecule has 9 nitrogen and oxygen atoms in total. The topological polar surface area (TPSA) is 104 Å². The average Bonchev–Trinajstić information content (AvgIpc) is 3.50. The van der Waals surface area contributed by atoms with Gasteiger partial charge in [-0.25, -0.2) is 0 Å². The molecular weight excluding hydrogens is 454 g/mol. The second-order valence-corrected chi connectivity index (χ2v) is 8.55. The monoisotopic (exact) mass is 481 g/mol. The number of rotatable bonds is 6. The van der Waals surface area contributed by atoms with Crippen LogP contribution in [0.4, 0.5) is 0 Å². The minimum atomic E-state index is -0.867. The molecule has 2 atom stereocenters. The molecule has 0 saturated carbocycles. The Morgan fingerprint density at radius 1 is 1.03 bits per heavy atom. The van der Waals surface area contributed by atoms with E-state index in [4.69, 9.17) is 23.7 Å². The Kier molecular flexibility index (Phi) is 6.25. The zero-order chi connectivity index (χ0) is 24.5. The molecule has 35 heavy (non-hydrogen) atoms. The number of carbonyl (C=O) groups excluding carboxylic acids is 2. The number of ether oxygens (including phenoxy) is 5. The van der Waals surface area contributed by atoms with E-state index < -0.39 is 17.7 Å². The second-order valence-electron chi connectivity index (χ2n) is 8.55. The highest BCUT2D eigenvalue weighted by atomic mass is 16.6. The fraction of sp³-hybridized carbons (Fsp3) is 0.385.